The number of benzene rings is 1. The van der Waals surface area contributed by atoms with Gasteiger partial charge in [0.25, 0.3) is 0 Å². The van der Waals surface area contributed by atoms with E-state index in [1.165, 1.54) is 12.1 Å². The first-order valence-corrected chi connectivity index (χ1v) is 3.94. The van der Waals surface area contributed by atoms with Crippen molar-refractivity contribution >= 4 is 11.6 Å². The fraction of sp³-hybridized carbons (Fsp3) is 0.250. The van der Waals surface area contributed by atoms with Gasteiger partial charge < -0.3 is 11.5 Å². The summed E-state index contributed by atoms with van der Waals surface area (Å²) in [5.74, 6) is -0.402. The Morgan fingerprint density at radius 1 is 1.50 bits per heavy atom. The topological polar surface area (TPSA) is 52.0 Å². The molecule has 1 aromatic rings. The monoisotopic (exact) mass is 188 g/mol. The quantitative estimate of drug-likeness (QED) is 0.738. The van der Waals surface area contributed by atoms with Crippen LogP contribution in [0.5, 0.6) is 0 Å². The third-order valence-electron chi connectivity index (χ3n) is 1.62. The third-order valence-corrected chi connectivity index (χ3v) is 1.95. The molecule has 0 unspecified atom stereocenters. The molecule has 0 saturated heterocycles. The minimum atomic E-state index is -0.529. The summed E-state index contributed by atoms with van der Waals surface area (Å²) < 4.78 is 13.1. The predicted octanol–water partition coefficient (Wildman–Crippen LogP) is 1.44. The van der Waals surface area contributed by atoms with Gasteiger partial charge in [-0.25, -0.2) is 4.39 Å². The molecule has 2 nitrogen and oxygen atoms in total. The molecule has 0 aromatic heterocycles. The molecule has 0 bridgehead atoms. The highest BCUT2D eigenvalue weighted by Crippen LogP contribution is 2.23. The van der Waals surface area contributed by atoms with Crippen molar-refractivity contribution < 1.29 is 4.39 Å². The van der Waals surface area contributed by atoms with Crippen molar-refractivity contribution in [2.45, 2.75) is 6.04 Å². The lowest BCUT2D eigenvalue weighted by Gasteiger charge is -2.11. The van der Waals surface area contributed by atoms with E-state index < -0.39 is 11.9 Å². The van der Waals surface area contributed by atoms with Crippen molar-refractivity contribution in [2.24, 2.45) is 11.5 Å². The second kappa shape index (κ2) is 3.85. The van der Waals surface area contributed by atoms with E-state index in [1.807, 2.05) is 0 Å². The molecule has 0 aliphatic carbocycles. The molecule has 0 radical (unpaired) electrons. The number of hydrogen-bond acceptors (Lipinski definition) is 2. The van der Waals surface area contributed by atoms with Crippen molar-refractivity contribution in [3.05, 3.63) is 34.6 Å². The SMILES string of the molecule is NC[C@@H](N)c1c(F)cccc1Cl. The van der Waals surface area contributed by atoms with Crippen LogP contribution in [0.1, 0.15) is 11.6 Å². The standard InChI is InChI=1S/C8H10ClFN2/c9-5-2-1-3-6(10)8(5)7(12)4-11/h1-3,7H,4,11-12H2/t7-/m1/s1. The highest BCUT2D eigenvalue weighted by molar-refractivity contribution is 6.31. The van der Waals surface area contributed by atoms with Gasteiger partial charge in [-0.1, -0.05) is 17.7 Å². The van der Waals surface area contributed by atoms with Gasteiger partial charge in [0.2, 0.25) is 0 Å². The number of rotatable bonds is 2. The molecule has 0 aliphatic rings. The van der Waals surface area contributed by atoms with E-state index in [0.29, 0.717) is 10.6 Å². The molecule has 1 aromatic carbocycles. The van der Waals surface area contributed by atoms with Gasteiger partial charge in [0.1, 0.15) is 5.82 Å². The van der Waals surface area contributed by atoms with Crippen LogP contribution in [0.2, 0.25) is 5.02 Å². The first kappa shape index (κ1) is 9.45. The molecule has 0 amide bonds. The molecule has 0 aliphatic heterocycles. The number of hydrogen-bond donors (Lipinski definition) is 2. The third kappa shape index (κ3) is 1.75. The summed E-state index contributed by atoms with van der Waals surface area (Å²) in [6.45, 7) is 0.181. The minimum Gasteiger partial charge on any atom is -0.329 e. The Kier molecular flexibility index (Phi) is 3.03. The van der Waals surface area contributed by atoms with E-state index in [1.54, 1.807) is 6.07 Å². The Morgan fingerprint density at radius 2 is 2.17 bits per heavy atom. The van der Waals surface area contributed by atoms with Crippen LogP contribution >= 0.6 is 11.6 Å². The molecule has 1 atom stereocenters. The molecule has 0 heterocycles. The van der Waals surface area contributed by atoms with Gasteiger partial charge in [-0.15, -0.1) is 0 Å². The normalized spacial score (nSPS) is 13.0. The molecule has 0 spiro atoms. The van der Waals surface area contributed by atoms with Crippen LogP contribution in [-0.4, -0.2) is 6.54 Å². The Morgan fingerprint density at radius 3 is 2.67 bits per heavy atom. The van der Waals surface area contributed by atoms with Gasteiger partial charge in [0.05, 0.1) is 0 Å². The lowest BCUT2D eigenvalue weighted by atomic mass is 10.1. The molecule has 0 saturated carbocycles. The average Bonchev–Trinajstić information content (AvgIpc) is 2.03. The van der Waals surface area contributed by atoms with Crippen LogP contribution in [0.25, 0.3) is 0 Å². The average molecular weight is 189 g/mol. The minimum absolute atomic E-state index is 0.181. The molecular formula is C8H10ClFN2. The summed E-state index contributed by atoms with van der Waals surface area (Å²) in [4.78, 5) is 0. The summed E-state index contributed by atoms with van der Waals surface area (Å²) in [5.41, 5.74) is 11.1. The summed E-state index contributed by atoms with van der Waals surface area (Å²) in [6.07, 6.45) is 0. The first-order valence-electron chi connectivity index (χ1n) is 3.56. The van der Waals surface area contributed by atoms with Gasteiger partial charge in [-0.3, -0.25) is 0 Å². The largest absolute Gasteiger partial charge is 0.329 e. The summed E-state index contributed by atoms with van der Waals surface area (Å²) in [5, 5.41) is 0.327. The van der Waals surface area contributed by atoms with Gasteiger partial charge in [-0.2, -0.15) is 0 Å². The molecular weight excluding hydrogens is 179 g/mol. The number of halogens is 2. The van der Waals surface area contributed by atoms with Crippen LogP contribution in [0, 0.1) is 5.82 Å². The maximum atomic E-state index is 13.1. The van der Waals surface area contributed by atoms with Gasteiger partial charge in [0, 0.05) is 23.2 Å². The molecule has 66 valence electrons. The lowest BCUT2D eigenvalue weighted by molar-refractivity contribution is 0.584. The zero-order chi connectivity index (χ0) is 9.14. The van der Waals surface area contributed by atoms with E-state index in [0.717, 1.165) is 0 Å². The van der Waals surface area contributed by atoms with Gasteiger partial charge >= 0.3 is 0 Å². The lowest BCUT2D eigenvalue weighted by Crippen LogP contribution is -2.22. The fourth-order valence-electron chi connectivity index (χ4n) is 0.983. The fourth-order valence-corrected chi connectivity index (χ4v) is 1.29. The zero-order valence-corrected chi connectivity index (χ0v) is 7.18. The molecule has 4 heteroatoms. The number of nitrogens with two attached hydrogens (primary N) is 2. The molecule has 4 N–H and O–H groups in total. The molecule has 0 fully saturated rings. The van der Waals surface area contributed by atoms with Crippen LogP contribution in [0.4, 0.5) is 4.39 Å². The first-order chi connectivity index (χ1) is 5.66. The highest BCUT2D eigenvalue weighted by Gasteiger charge is 2.12. The summed E-state index contributed by atoms with van der Waals surface area (Å²) in [6, 6.07) is 3.91. The zero-order valence-electron chi connectivity index (χ0n) is 6.43. The second-order valence-corrected chi connectivity index (χ2v) is 2.88. The predicted molar refractivity (Wildman–Crippen MR) is 47.4 cm³/mol. The van der Waals surface area contributed by atoms with Crippen molar-refractivity contribution in [3.63, 3.8) is 0 Å². The van der Waals surface area contributed by atoms with Crippen LogP contribution in [-0.2, 0) is 0 Å². The smallest absolute Gasteiger partial charge is 0.129 e. The Labute approximate surface area is 75.3 Å². The maximum absolute atomic E-state index is 13.1. The Hall–Kier alpha value is -0.640. The highest BCUT2D eigenvalue weighted by atomic mass is 35.5. The second-order valence-electron chi connectivity index (χ2n) is 2.48. The molecule has 12 heavy (non-hydrogen) atoms. The molecule has 1 rings (SSSR count). The van der Waals surface area contributed by atoms with E-state index >= 15 is 0 Å². The van der Waals surface area contributed by atoms with Crippen molar-refractivity contribution in [1.82, 2.24) is 0 Å². The Balaban J connectivity index is 3.12. The van der Waals surface area contributed by atoms with Gasteiger partial charge in [0.15, 0.2) is 0 Å². The van der Waals surface area contributed by atoms with E-state index in [-0.39, 0.29) is 6.54 Å². The van der Waals surface area contributed by atoms with Crippen molar-refractivity contribution in [3.8, 4) is 0 Å². The van der Waals surface area contributed by atoms with Crippen LogP contribution < -0.4 is 11.5 Å². The van der Waals surface area contributed by atoms with E-state index in [4.69, 9.17) is 23.1 Å². The van der Waals surface area contributed by atoms with Gasteiger partial charge in [-0.05, 0) is 12.1 Å². The Bertz CT molecular complexity index is 258. The van der Waals surface area contributed by atoms with Crippen molar-refractivity contribution in [2.75, 3.05) is 6.54 Å². The maximum Gasteiger partial charge on any atom is 0.129 e. The van der Waals surface area contributed by atoms with Crippen molar-refractivity contribution in [1.29, 1.82) is 0 Å². The van der Waals surface area contributed by atoms with Crippen LogP contribution in [0.3, 0.4) is 0 Å². The van der Waals surface area contributed by atoms with E-state index in [9.17, 15) is 4.39 Å². The van der Waals surface area contributed by atoms with Crippen LogP contribution in [0.15, 0.2) is 18.2 Å². The summed E-state index contributed by atoms with van der Waals surface area (Å²) >= 11 is 5.73. The van der Waals surface area contributed by atoms with E-state index in [2.05, 4.69) is 0 Å². The summed E-state index contributed by atoms with van der Waals surface area (Å²) in [7, 11) is 0.